The molecule has 1 radical (unpaired) electrons. The molecule has 279 valence electrons. The summed E-state index contributed by atoms with van der Waals surface area (Å²) in [5.74, 6) is -1.06. The van der Waals surface area contributed by atoms with Gasteiger partial charge in [-0.15, -0.1) is 54.1 Å². The van der Waals surface area contributed by atoms with Crippen molar-refractivity contribution < 1.29 is 35.5 Å². The minimum atomic E-state index is -2.71. The predicted molar refractivity (Wildman–Crippen MR) is 224 cm³/mol. The average molecular weight is 914 g/mol. The molecule has 0 bridgehead atoms. The second-order valence-electron chi connectivity index (χ2n) is 14.6. The molecule has 1 fully saturated rings. The standard InChI is InChI=1S/C40H35N2O.C11H8N.Ir/c1-25-21-29(27-17-19-40(3,4)20-18-27)13-15-31(25)35-22-36(42-24-26(35)2)34-12-8-11-32-33-16-14-30(23-41)37(39(33)43-38(32)34)28-9-6-5-7-10-28;1-2-6-10(7-3-1)11-8-4-5-9-12-11;/h5-11,13-16,21-22,24,27H,17-20H2,1-4H3;1-6,8-9H;/q2*-1;/i1D3,2D3,15D,27D;;. The third-order valence-electron chi connectivity index (χ3n) is 10.4. The Morgan fingerprint density at radius 1 is 0.804 bits per heavy atom. The monoisotopic (exact) mass is 914 g/mol. The first kappa shape index (κ1) is 29.6. The number of nitrogens with zero attached hydrogens (tertiary/aromatic N) is 3. The van der Waals surface area contributed by atoms with E-state index in [1.54, 1.807) is 18.3 Å². The van der Waals surface area contributed by atoms with E-state index in [0.717, 1.165) is 40.4 Å². The third-order valence-corrected chi connectivity index (χ3v) is 10.4. The van der Waals surface area contributed by atoms with Crippen LogP contribution in [0.1, 0.15) is 78.6 Å². The number of fused-ring (bicyclic) bond motifs is 3. The molecule has 0 unspecified atom stereocenters. The van der Waals surface area contributed by atoms with Crippen molar-refractivity contribution >= 4 is 21.9 Å². The van der Waals surface area contributed by atoms with E-state index in [1.165, 1.54) is 24.4 Å². The summed E-state index contributed by atoms with van der Waals surface area (Å²) in [5.41, 5.74) is 5.66. The molecule has 9 rings (SSSR count). The molecular weight excluding hydrogens is 863 g/mol. The zero-order valence-corrected chi connectivity index (χ0v) is 33.4. The summed E-state index contributed by atoms with van der Waals surface area (Å²) < 4.78 is 75.7. The summed E-state index contributed by atoms with van der Waals surface area (Å²) in [4.78, 5) is 8.76. The Morgan fingerprint density at radius 3 is 2.32 bits per heavy atom. The second kappa shape index (κ2) is 16.6. The molecular formula is C51H43IrN3O-2. The Bertz CT molecular complexity index is 2950. The van der Waals surface area contributed by atoms with Crippen molar-refractivity contribution in [1.29, 1.82) is 5.26 Å². The SMILES string of the molecule is [2H]c1cc(C2([2H])CCC(C)(C)CC2)cc(C([2H])([2H])[2H])c1-c1cc(-c2[c-]ccc3c2oc2c(-c4ccccc4)c(C#N)ccc23)ncc1C([2H])([2H])[2H].[Ir].[c-]1ccccc1-c1ccccn1. The van der Waals surface area contributed by atoms with Crippen LogP contribution < -0.4 is 0 Å². The number of nitriles is 1. The molecule has 0 spiro atoms. The van der Waals surface area contributed by atoms with Crippen molar-refractivity contribution in [3.05, 3.63) is 168 Å². The number of furan rings is 1. The van der Waals surface area contributed by atoms with Crippen LogP contribution in [0.3, 0.4) is 0 Å². The zero-order valence-electron chi connectivity index (χ0n) is 39.0. The zero-order chi connectivity index (χ0) is 44.7. The van der Waals surface area contributed by atoms with E-state index in [0.29, 0.717) is 46.3 Å². The van der Waals surface area contributed by atoms with Crippen LogP contribution in [-0.2, 0) is 20.1 Å². The molecule has 0 atom stereocenters. The van der Waals surface area contributed by atoms with Crippen LogP contribution in [0, 0.1) is 42.6 Å². The van der Waals surface area contributed by atoms with Gasteiger partial charge in [-0.1, -0.05) is 97.6 Å². The van der Waals surface area contributed by atoms with Crippen LogP contribution >= 0.6 is 0 Å². The van der Waals surface area contributed by atoms with Gasteiger partial charge in [0.25, 0.3) is 0 Å². The molecule has 0 N–H and O–H groups in total. The molecule has 3 aromatic heterocycles. The van der Waals surface area contributed by atoms with E-state index in [-0.39, 0.29) is 59.5 Å². The summed E-state index contributed by atoms with van der Waals surface area (Å²) in [5, 5.41) is 11.5. The molecule has 4 nitrogen and oxygen atoms in total. The quantitative estimate of drug-likeness (QED) is 0.161. The van der Waals surface area contributed by atoms with Crippen molar-refractivity contribution in [1.82, 2.24) is 9.97 Å². The fourth-order valence-corrected chi connectivity index (χ4v) is 7.29. The van der Waals surface area contributed by atoms with E-state index in [9.17, 15) is 8.00 Å². The fourth-order valence-electron chi connectivity index (χ4n) is 7.29. The van der Waals surface area contributed by atoms with E-state index >= 15 is 0 Å². The van der Waals surface area contributed by atoms with Gasteiger partial charge in [0, 0.05) is 53.0 Å². The van der Waals surface area contributed by atoms with Gasteiger partial charge in [0.15, 0.2) is 0 Å². The van der Waals surface area contributed by atoms with Gasteiger partial charge in [0.05, 0.1) is 18.6 Å². The Balaban J connectivity index is 0.000000406. The van der Waals surface area contributed by atoms with Gasteiger partial charge in [-0.2, -0.15) is 5.26 Å². The van der Waals surface area contributed by atoms with Gasteiger partial charge >= 0.3 is 0 Å². The maximum atomic E-state index is 9.99. The van der Waals surface area contributed by atoms with E-state index in [1.807, 2.05) is 84.9 Å². The molecule has 0 aliphatic heterocycles. The van der Waals surface area contributed by atoms with Gasteiger partial charge < -0.3 is 14.4 Å². The maximum absolute atomic E-state index is 9.99. The Hall–Kier alpha value is -5.66. The predicted octanol–water partition coefficient (Wildman–Crippen LogP) is 13.5. The first-order chi connectivity index (χ1) is 30.0. The molecule has 5 heteroatoms. The molecule has 8 aromatic rings. The summed E-state index contributed by atoms with van der Waals surface area (Å²) in [6, 6.07) is 43.2. The topological polar surface area (TPSA) is 62.7 Å². The van der Waals surface area contributed by atoms with E-state index < -0.39 is 19.6 Å². The summed E-state index contributed by atoms with van der Waals surface area (Å²) in [7, 11) is 0. The first-order valence-corrected chi connectivity index (χ1v) is 18.4. The van der Waals surface area contributed by atoms with E-state index in [2.05, 4.69) is 42.0 Å². The number of aromatic nitrogens is 2. The summed E-state index contributed by atoms with van der Waals surface area (Å²) in [6.07, 6.45) is 5.63. The smallest absolute Gasteiger partial charge is 0.130 e. The molecule has 1 aliphatic carbocycles. The van der Waals surface area contributed by atoms with Crippen molar-refractivity contribution in [2.24, 2.45) is 5.41 Å². The normalized spacial score (nSPS) is 16.8. The number of aryl methyl sites for hydroxylation is 2. The Labute approximate surface area is 354 Å². The van der Waals surface area contributed by atoms with Crippen LogP contribution in [-0.4, -0.2) is 9.97 Å². The second-order valence-corrected chi connectivity index (χ2v) is 14.6. The van der Waals surface area contributed by atoms with Crippen molar-refractivity contribution in [3.63, 3.8) is 0 Å². The van der Waals surface area contributed by atoms with Crippen LogP contribution in [0.15, 0.2) is 138 Å². The van der Waals surface area contributed by atoms with Crippen LogP contribution in [0.5, 0.6) is 0 Å². The minimum Gasteiger partial charge on any atom is -0.500 e. The van der Waals surface area contributed by atoms with E-state index in [4.69, 9.17) is 12.6 Å². The Morgan fingerprint density at radius 2 is 1.59 bits per heavy atom. The summed E-state index contributed by atoms with van der Waals surface area (Å²) >= 11 is 0. The molecule has 0 amide bonds. The average Bonchev–Trinajstić information content (AvgIpc) is 3.66. The van der Waals surface area contributed by atoms with Crippen LogP contribution in [0.25, 0.3) is 66.7 Å². The molecule has 3 heterocycles. The summed E-state index contributed by atoms with van der Waals surface area (Å²) in [6.45, 7) is -1.08. The molecule has 56 heavy (non-hydrogen) atoms. The van der Waals surface area contributed by atoms with Gasteiger partial charge in [-0.25, -0.2) is 0 Å². The Kier molecular flexibility index (Phi) is 8.78. The number of pyridine rings is 2. The largest absolute Gasteiger partial charge is 0.500 e. The van der Waals surface area contributed by atoms with Crippen LogP contribution in [0.2, 0.25) is 0 Å². The number of benzene rings is 5. The van der Waals surface area contributed by atoms with Crippen LogP contribution in [0.4, 0.5) is 0 Å². The minimum absolute atomic E-state index is 0. The van der Waals surface area contributed by atoms with Crippen molar-refractivity contribution in [2.75, 3.05) is 0 Å². The molecule has 0 saturated heterocycles. The number of rotatable bonds is 5. The van der Waals surface area contributed by atoms with Gasteiger partial charge in [-0.3, -0.25) is 0 Å². The third kappa shape index (κ3) is 7.87. The van der Waals surface area contributed by atoms with Gasteiger partial charge in [0.1, 0.15) is 5.58 Å². The van der Waals surface area contributed by atoms with Crippen molar-refractivity contribution in [2.45, 2.75) is 59.1 Å². The number of hydrogen-bond donors (Lipinski definition) is 0. The number of hydrogen-bond acceptors (Lipinski definition) is 4. The van der Waals surface area contributed by atoms with Gasteiger partial charge in [0.2, 0.25) is 0 Å². The molecule has 5 aromatic carbocycles. The molecule has 1 saturated carbocycles. The first-order valence-electron chi connectivity index (χ1n) is 22.4. The fraction of sp³-hybridized carbons (Fsp3) is 0.196. The van der Waals surface area contributed by atoms with Crippen molar-refractivity contribution in [3.8, 4) is 50.8 Å². The maximum Gasteiger partial charge on any atom is 0.130 e. The van der Waals surface area contributed by atoms with Gasteiger partial charge in [-0.05, 0) is 108 Å². The molecule has 1 aliphatic rings.